The van der Waals surface area contributed by atoms with Crippen molar-refractivity contribution in [3.63, 3.8) is 0 Å². The first kappa shape index (κ1) is 18.9. The molecule has 0 saturated carbocycles. The van der Waals surface area contributed by atoms with Crippen LogP contribution in [0.2, 0.25) is 0 Å². The average molecular weight is 309 g/mol. The van der Waals surface area contributed by atoms with E-state index in [4.69, 9.17) is 0 Å². The van der Waals surface area contributed by atoms with Gasteiger partial charge in [0.05, 0.1) is 0 Å². The molecule has 0 aliphatic carbocycles. The van der Waals surface area contributed by atoms with Gasteiger partial charge in [0, 0.05) is 29.2 Å². The largest absolute Gasteiger partial charge is 0.299 e. The van der Waals surface area contributed by atoms with Gasteiger partial charge < -0.3 is 0 Å². The molecule has 1 heterocycles. The minimum Gasteiger partial charge on any atom is -0.299 e. The van der Waals surface area contributed by atoms with Gasteiger partial charge in [0.15, 0.2) is 0 Å². The molecule has 4 nitrogen and oxygen atoms in total. The first-order valence-corrected chi connectivity index (χ1v) is 8.22. The SMILES string of the molecule is CC(C)C(=O)C(C)(C)CC(C)(C)N1C(=O)CC(C(C)C)C1=O. The van der Waals surface area contributed by atoms with Gasteiger partial charge >= 0.3 is 0 Å². The van der Waals surface area contributed by atoms with Gasteiger partial charge in [-0.05, 0) is 26.2 Å². The third-order valence-electron chi connectivity index (χ3n) is 4.66. The summed E-state index contributed by atoms with van der Waals surface area (Å²) in [5.74, 6) is -0.156. The van der Waals surface area contributed by atoms with Crippen LogP contribution in [-0.2, 0) is 14.4 Å². The monoisotopic (exact) mass is 309 g/mol. The molecule has 126 valence electrons. The molecule has 0 aromatic heterocycles. The maximum Gasteiger partial charge on any atom is 0.233 e. The molecule has 1 fully saturated rings. The fourth-order valence-corrected chi connectivity index (χ4v) is 3.84. The minimum atomic E-state index is -0.647. The van der Waals surface area contributed by atoms with Crippen LogP contribution >= 0.6 is 0 Å². The van der Waals surface area contributed by atoms with E-state index < -0.39 is 11.0 Å². The Labute approximate surface area is 134 Å². The molecular formula is C18H31NO3. The van der Waals surface area contributed by atoms with Gasteiger partial charge in [0.2, 0.25) is 11.8 Å². The van der Waals surface area contributed by atoms with Gasteiger partial charge in [-0.1, -0.05) is 41.5 Å². The number of carbonyl (C=O) groups is 3. The van der Waals surface area contributed by atoms with Crippen molar-refractivity contribution in [3.05, 3.63) is 0 Å². The van der Waals surface area contributed by atoms with E-state index in [1.54, 1.807) is 0 Å². The fraction of sp³-hybridized carbons (Fsp3) is 0.833. The molecule has 0 spiro atoms. The molecule has 0 aromatic rings. The molecule has 1 saturated heterocycles. The van der Waals surface area contributed by atoms with E-state index in [0.717, 1.165) is 0 Å². The summed E-state index contributed by atoms with van der Waals surface area (Å²) in [4.78, 5) is 38.8. The lowest BCUT2D eigenvalue weighted by molar-refractivity contribution is -0.149. The Hall–Kier alpha value is -1.19. The zero-order valence-electron chi connectivity index (χ0n) is 15.3. The standard InChI is InChI=1S/C18H31NO3/c1-11(2)13-9-14(20)19(16(13)22)18(7,8)10-17(5,6)15(21)12(3)4/h11-13H,9-10H2,1-8H3. The maximum absolute atomic E-state index is 12.6. The Morgan fingerprint density at radius 3 is 2.00 bits per heavy atom. The van der Waals surface area contributed by atoms with Crippen LogP contribution in [0.5, 0.6) is 0 Å². The molecule has 1 aliphatic heterocycles. The van der Waals surface area contributed by atoms with E-state index in [1.165, 1.54) is 4.90 Å². The summed E-state index contributed by atoms with van der Waals surface area (Å²) in [5, 5.41) is 0. The Morgan fingerprint density at radius 1 is 1.14 bits per heavy atom. The number of hydrogen-bond donors (Lipinski definition) is 0. The molecule has 0 N–H and O–H groups in total. The maximum atomic E-state index is 12.6. The number of rotatable bonds is 6. The average Bonchev–Trinajstić information content (AvgIpc) is 2.62. The molecule has 0 radical (unpaired) electrons. The lowest BCUT2D eigenvalue weighted by Crippen LogP contribution is -2.51. The number of likely N-dealkylation sites (tertiary alicyclic amines) is 1. The van der Waals surface area contributed by atoms with Crippen LogP contribution in [0.1, 0.15) is 68.2 Å². The fourth-order valence-electron chi connectivity index (χ4n) is 3.84. The first-order valence-electron chi connectivity index (χ1n) is 8.22. The van der Waals surface area contributed by atoms with Crippen molar-refractivity contribution >= 4 is 17.6 Å². The Balaban J connectivity index is 3.02. The smallest absolute Gasteiger partial charge is 0.233 e. The van der Waals surface area contributed by atoms with Gasteiger partial charge in [0.1, 0.15) is 5.78 Å². The second-order valence-electron chi connectivity index (χ2n) is 8.51. The van der Waals surface area contributed by atoms with Gasteiger partial charge in [-0.2, -0.15) is 0 Å². The molecule has 0 aromatic carbocycles. The summed E-state index contributed by atoms with van der Waals surface area (Å²) in [6.45, 7) is 15.3. The number of nitrogens with zero attached hydrogens (tertiary/aromatic N) is 1. The van der Waals surface area contributed by atoms with Crippen molar-refractivity contribution in [1.82, 2.24) is 4.90 Å². The predicted octanol–water partition coefficient (Wildman–Crippen LogP) is 3.44. The molecular weight excluding hydrogens is 278 g/mol. The van der Waals surface area contributed by atoms with Crippen LogP contribution in [-0.4, -0.2) is 28.0 Å². The zero-order chi connectivity index (χ0) is 17.5. The number of carbonyl (C=O) groups excluding carboxylic acids is 3. The normalized spacial score (nSPS) is 20.5. The van der Waals surface area contributed by atoms with Gasteiger partial charge in [-0.3, -0.25) is 19.3 Å². The molecule has 1 aliphatic rings. The highest BCUT2D eigenvalue weighted by molar-refractivity contribution is 6.04. The Morgan fingerprint density at radius 2 is 1.64 bits per heavy atom. The number of hydrogen-bond acceptors (Lipinski definition) is 3. The highest BCUT2D eigenvalue weighted by Gasteiger charge is 2.49. The van der Waals surface area contributed by atoms with E-state index in [2.05, 4.69) is 0 Å². The molecule has 1 unspecified atom stereocenters. The quantitative estimate of drug-likeness (QED) is 0.706. The number of imide groups is 1. The van der Waals surface area contributed by atoms with Crippen LogP contribution in [0.15, 0.2) is 0 Å². The number of amides is 2. The van der Waals surface area contributed by atoms with Crippen molar-refractivity contribution in [2.75, 3.05) is 0 Å². The van der Waals surface area contributed by atoms with Crippen molar-refractivity contribution in [2.45, 2.75) is 73.8 Å². The third-order valence-corrected chi connectivity index (χ3v) is 4.66. The molecule has 1 atom stereocenters. The summed E-state index contributed by atoms with van der Waals surface area (Å²) < 4.78 is 0. The van der Waals surface area contributed by atoms with E-state index in [0.29, 0.717) is 12.8 Å². The lowest BCUT2D eigenvalue weighted by atomic mass is 9.73. The van der Waals surface area contributed by atoms with Crippen molar-refractivity contribution < 1.29 is 14.4 Å². The molecule has 22 heavy (non-hydrogen) atoms. The van der Waals surface area contributed by atoms with Crippen LogP contribution in [0, 0.1) is 23.2 Å². The Kier molecular flexibility index (Phi) is 5.26. The highest BCUT2D eigenvalue weighted by atomic mass is 16.2. The van der Waals surface area contributed by atoms with Crippen LogP contribution < -0.4 is 0 Å². The first-order chi connectivity index (χ1) is 9.81. The predicted molar refractivity (Wildman–Crippen MR) is 87.1 cm³/mol. The summed E-state index contributed by atoms with van der Waals surface area (Å²) in [6, 6.07) is 0. The van der Waals surface area contributed by atoms with Crippen molar-refractivity contribution in [2.24, 2.45) is 23.2 Å². The molecule has 2 amide bonds. The number of Topliss-reactive ketones (excluding diaryl/α,β-unsaturated/α-hetero) is 1. The van der Waals surface area contributed by atoms with Gasteiger partial charge in [0.25, 0.3) is 0 Å². The van der Waals surface area contributed by atoms with Gasteiger partial charge in [-0.15, -0.1) is 0 Å². The minimum absolute atomic E-state index is 0.0563. The second-order valence-corrected chi connectivity index (χ2v) is 8.51. The van der Waals surface area contributed by atoms with Crippen LogP contribution in [0.25, 0.3) is 0 Å². The zero-order valence-corrected chi connectivity index (χ0v) is 15.3. The van der Waals surface area contributed by atoms with Gasteiger partial charge in [-0.25, -0.2) is 0 Å². The van der Waals surface area contributed by atoms with Crippen LogP contribution in [0.3, 0.4) is 0 Å². The Bertz CT molecular complexity index is 475. The van der Waals surface area contributed by atoms with Crippen LogP contribution in [0.4, 0.5) is 0 Å². The molecule has 1 rings (SSSR count). The summed E-state index contributed by atoms with van der Waals surface area (Å²) in [6.07, 6.45) is 0.776. The number of ketones is 1. The highest BCUT2D eigenvalue weighted by Crippen LogP contribution is 2.39. The summed E-state index contributed by atoms with van der Waals surface area (Å²) in [7, 11) is 0. The summed E-state index contributed by atoms with van der Waals surface area (Å²) >= 11 is 0. The van der Waals surface area contributed by atoms with E-state index in [-0.39, 0.29) is 35.4 Å². The van der Waals surface area contributed by atoms with E-state index in [1.807, 2.05) is 55.4 Å². The third kappa shape index (κ3) is 3.58. The van der Waals surface area contributed by atoms with Crippen molar-refractivity contribution in [1.29, 1.82) is 0 Å². The molecule has 0 bridgehead atoms. The topological polar surface area (TPSA) is 54.5 Å². The lowest BCUT2D eigenvalue weighted by Gasteiger charge is -2.40. The molecule has 4 heteroatoms. The summed E-state index contributed by atoms with van der Waals surface area (Å²) in [5.41, 5.74) is -1.21. The van der Waals surface area contributed by atoms with Crippen molar-refractivity contribution in [3.8, 4) is 0 Å². The second kappa shape index (κ2) is 6.13. The van der Waals surface area contributed by atoms with E-state index in [9.17, 15) is 14.4 Å². The van der Waals surface area contributed by atoms with E-state index >= 15 is 0 Å².